The number of rotatable bonds is 5. The van der Waals surface area contributed by atoms with Gasteiger partial charge in [0.25, 0.3) is 0 Å². The van der Waals surface area contributed by atoms with Gasteiger partial charge in [-0.15, -0.1) is 0 Å². The van der Waals surface area contributed by atoms with Gasteiger partial charge in [-0.3, -0.25) is 4.79 Å². The van der Waals surface area contributed by atoms with Gasteiger partial charge in [0, 0.05) is 10.0 Å². The van der Waals surface area contributed by atoms with Crippen molar-refractivity contribution in [1.82, 2.24) is 5.32 Å². The molecule has 5 heteroatoms. The molecule has 2 atom stereocenters. The van der Waals surface area contributed by atoms with Gasteiger partial charge >= 0.3 is 0 Å². The lowest BCUT2D eigenvalue weighted by Crippen LogP contribution is -2.31. The molecular weight excluding hydrogens is 285 g/mol. The molecule has 0 aliphatic heterocycles. The maximum absolute atomic E-state index is 11.8. The molecule has 0 spiro atoms. The standard InChI is InChI=1S/C14H19Cl2NO2/c1-8(2)13(18)7-14(19)17-9(3)11-5-4-10(15)6-12(11)16/h4-6,8-9,13,18H,7H2,1-3H3,(H,17,19). The summed E-state index contributed by atoms with van der Waals surface area (Å²) in [6.07, 6.45) is -0.541. The van der Waals surface area contributed by atoms with Crippen molar-refractivity contribution in [3.8, 4) is 0 Å². The minimum Gasteiger partial charge on any atom is -0.392 e. The number of carbonyl (C=O) groups excluding carboxylic acids is 1. The summed E-state index contributed by atoms with van der Waals surface area (Å²) in [4.78, 5) is 11.8. The van der Waals surface area contributed by atoms with Gasteiger partial charge in [-0.2, -0.15) is 0 Å². The van der Waals surface area contributed by atoms with Gasteiger partial charge in [0.15, 0.2) is 0 Å². The quantitative estimate of drug-likeness (QED) is 0.873. The van der Waals surface area contributed by atoms with Crippen LogP contribution in [0.25, 0.3) is 0 Å². The van der Waals surface area contributed by atoms with E-state index in [9.17, 15) is 9.90 Å². The van der Waals surface area contributed by atoms with Crippen molar-refractivity contribution in [2.45, 2.75) is 39.3 Å². The molecule has 0 radical (unpaired) electrons. The van der Waals surface area contributed by atoms with E-state index in [4.69, 9.17) is 23.2 Å². The molecule has 0 saturated carbocycles. The molecule has 0 aromatic heterocycles. The highest BCUT2D eigenvalue weighted by molar-refractivity contribution is 6.35. The Morgan fingerprint density at radius 1 is 1.32 bits per heavy atom. The molecule has 0 aliphatic rings. The van der Waals surface area contributed by atoms with Crippen molar-refractivity contribution in [1.29, 1.82) is 0 Å². The summed E-state index contributed by atoms with van der Waals surface area (Å²) >= 11 is 11.9. The number of nitrogens with one attached hydrogen (secondary N) is 1. The van der Waals surface area contributed by atoms with E-state index in [0.717, 1.165) is 5.56 Å². The summed E-state index contributed by atoms with van der Waals surface area (Å²) in [6.45, 7) is 5.59. The lowest BCUT2D eigenvalue weighted by atomic mass is 10.0. The fraction of sp³-hybridized carbons (Fsp3) is 0.500. The molecule has 19 heavy (non-hydrogen) atoms. The Bertz CT molecular complexity index is 449. The zero-order valence-corrected chi connectivity index (χ0v) is 12.8. The molecule has 1 rings (SSSR count). The summed E-state index contributed by atoms with van der Waals surface area (Å²) in [7, 11) is 0. The highest BCUT2D eigenvalue weighted by Crippen LogP contribution is 2.26. The van der Waals surface area contributed by atoms with Crippen LogP contribution in [0, 0.1) is 5.92 Å². The van der Waals surface area contributed by atoms with Crippen LogP contribution in [0.2, 0.25) is 10.0 Å². The monoisotopic (exact) mass is 303 g/mol. The van der Waals surface area contributed by atoms with E-state index < -0.39 is 6.10 Å². The van der Waals surface area contributed by atoms with Crippen molar-refractivity contribution < 1.29 is 9.90 Å². The van der Waals surface area contributed by atoms with Crippen LogP contribution in [0.1, 0.15) is 38.8 Å². The third-order valence-corrected chi connectivity index (χ3v) is 3.53. The molecule has 106 valence electrons. The fourth-order valence-electron chi connectivity index (χ4n) is 1.66. The van der Waals surface area contributed by atoms with Crippen LogP contribution in [-0.2, 0) is 4.79 Å². The average molecular weight is 304 g/mol. The number of carbonyl (C=O) groups is 1. The Balaban J connectivity index is 2.64. The summed E-state index contributed by atoms with van der Waals surface area (Å²) in [5.74, 6) is -0.139. The number of aliphatic hydroxyl groups is 1. The maximum atomic E-state index is 11.8. The lowest BCUT2D eigenvalue weighted by molar-refractivity contribution is -0.124. The van der Waals surface area contributed by atoms with Crippen LogP contribution in [0.15, 0.2) is 18.2 Å². The minimum atomic E-state index is -0.632. The van der Waals surface area contributed by atoms with Crippen LogP contribution in [0.5, 0.6) is 0 Å². The highest BCUT2D eigenvalue weighted by atomic mass is 35.5. The number of halogens is 2. The van der Waals surface area contributed by atoms with E-state index in [2.05, 4.69) is 5.32 Å². The van der Waals surface area contributed by atoms with Gasteiger partial charge < -0.3 is 10.4 Å². The van der Waals surface area contributed by atoms with Crippen molar-refractivity contribution in [3.63, 3.8) is 0 Å². The van der Waals surface area contributed by atoms with Gasteiger partial charge in [0.1, 0.15) is 0 Å². The first-order chi connectivity index (χ1) is 8.81. The van der Waals surface area contributed by atoms with Crippen LogP contribution in [-0.4, -0.2) is 17.1 Å². The smallest absolute Gasteiger partial charge is 0.223 e. The van der Waals surface area contributed by atoms with Gasteiger partial charge in [-0.25, -0.2) is 0 Å². The first kappa shape index (κ1) is 16.3. The summed E-state index contributed by atoms with van der Waals surface area (Å²) < 4.78 is 0. The Labute approximate surface area is 123 Å². The van der Waals surface area contributed by atoms with Crippen molar-refractivity contribution >= 4 is 29.1 Å². The van der Waals surface area contributed by atoms with Crippen molar-refractivity contribution in [2.24, 2.45) is 5.92 Å². The summed E-state index contributed by atoms with van der Waals surface area (Å²) in [6, 6.07) is 4.93. The second kappa shape index (κ2) is 7.13. The lowest BCUT2D eigenvalue weighted by Gasteiger charge is -2.18. The van der Waals surface area contributed by atoms with Gasteiger partial charge in [0.2, 0.25) is 5.91 Å². The second-order valence-electron chi connectivity index (χ2n) is 4.97. The van der Waals surface area contributed by atoms with Gasteiger partial charge in [-0.1, -0.05) is 43.1 Å². The summed E-state index contributed by atoms with van der Waals surface area (Å²) in [5, 5.41) is 13.6. The van der Waals surface area contributed by atoms with Crippen molar-refractivity contribution in [3.05, 3.63) is 33.8 Å². The Hall–Kier alpha value is -0.770. The number of benzene rings is 1. The second-order valence-corrected chi connectivity index (χ2v) is 5.81. The zero-order chi connectivity index (χ0) is 14.6. The van der Waals surface area contributed by atoms with E-state index >= 15 is 0 Å². The highest BCUT2D eigenvalue weighted by Gasteiger charge is 2.17. The molecule has 0 saturated heterocycles. The molecule has 0 fully saturated rings. The first-order valence-corrected chi connectivity index (χ1v) is 6.99. The normalized spacial score (nSPS) is 14.3. The Kier molecular flexibility index (Phi) is 6.11. The number of hydrogen-bond acceptors (Lipinski definition) is 2. The van der Waals surface area contributed by atoms with Crippen LogP contribution in [0.3, 0.4) is 0 Å². The Morgan fingerprint density at radius 3 is 2.47 bits per heavy atom. The van der Waals surface area contributed by atoms with Crippen LogP contribution in [0.4, 0.5) is 0 Å². The van der Waals surface area contributed by atoms with Gasteiger partial charge in [0.05, 0.1) is 18.6 Å². The average Bonchev–Trinajstić information content (AvgIpc) is 2.27. The molecule has 3 nitrogen and oxygen atoms in total. The largest absolute Gasteiger partial charge is 0.392 e. The van der Waals surface area contributed by atoms with E-state index in [0.29, 0.717) is 10.0 Å². The molecule has 0 heterocycles. The number of hydrogen-bond donors (Lipinski definition) is 2. The molecule has 1 amide bonds. The molecule has 1 aromatic carbocycles. The predicted molar refractivity (Wildman–Crippen MR) is 78.5 cm³/mol. The third kappa shape index (κ3) is 5.01. The van der Waals surface area contributed by atoms with Crippen LogP contribution < -0.4 is 5.32 Å². The molecule has 0 bridgehead atoms. The number of aliphatic hydroxyl groups excluding tert-OH is 1. The fourth-order valence-corrected chi connectivity index (χ4v) is 2.23. The third-order valence-electron chi connectivity index (χ3n) is 2.97. The van der Waals surface area contributed by atoms with Crippen molar-refractivity contribution in [2.75, 3.05) is 0 Å². The van der Waals surface area contributed by atoms with E-state index in [1.807, 2.05) is 20.8 Å². The topological polar surface area (TPSA) is 49.3 Å². The molecule has 2 N–H and O–H groups in total. The Morgan fingerprint density at radius 2 is 1.95 bits per heavy atom. The molecule has 1 aromatic rings. The zero-order valence-electron chi connectivity index (χ0n) is 11.3. The minimum absolute atomic E-state index is 0.0557. The van der Waals surface area contributed by atoms with Gasteiger partial charge in [-0.05, 0) is 30.5 Å². The summed E-state index contributed by atoms with van der Waals surface area (Å²) in [5.41, 5.74) is 0.804. The predicted octanol–water partition coefficient (Wildman–Crippen LogP) is 3.58. The van der Waals surface area contributed by atoms with E-state index in [-0.39, 0.29) is 24.3 Å². The van der Waals surface area contributed by atoms with E-state index in [1.165, 1.54) is 0 Å². The van der Waals surface area contributed by atoms with E-state index in [1.54, 1.807) is 18.2 Å². The molecular formula is C14H19Cl2NO2. The number of amides is 1. The first-order valence-electron chi connectivity index (χ1n) is 6.23. The molecule has 2 unspecified atom stereocenters. The SMILES string of the molecule is CC(NC(=O)CC(O)C(C)C)c1ccc(Cl)cc1Cl. The molecule has 0 aliphatic carbocycles. The maximum Gasteiger partial charge on any atom is 0.223 e. The van der Waals surface area contributed by atoms with Crippen LogP contribution >= 0.6 is 23.2 Å².